The number of rotatable bonds is 3. The first-order chi connectivity index (χ1) is 13.1. The van der Waals surface area contributed by atoms with Crippen LogP contribution in [0, 0.1) is 13.8 Å². The molecule has 4 rings (SSSR count). The monoisotopic (exact) mass is 362 g/mol. The van der Waals surface area contributed by atoms with Crippen LogP contribution < -0.4 is 9.88 Å². The Morgan fingerprint density at radius 1 is 1.00 bits per heavy atom. The van der Waals surface area contributed by atoms with Crippen molar-refractivity contribution in [2.45, 2.75) is 13.8 Å². The number of piperazine rings is 1. The van der Waals surface area contributed by atoms with Gasteiger partial charge in [-0.2, -0.15) is 5.10 Å². The van der Waals surface area contributed by atoms with Gasteiger partial charge in [0, 0.05) is 17.3 Å². The minimum absolute atomic E-state index is 0.0895. The lowest BCUT2D eigenvalue weighted by molar-refractivity contribution is -0.364. The summed E-state index contributed by atoms with van der Waals surface area (Å²) < 4.78 is 1.90. The largest absolute Gasteiger partial charge is 0.331 e. The quantitative estimate of drug-likeness (QED) is 0.718. The third-order valence-corrected chi connectivity index (χ3v) is 4.97. The third-order valence-electron chi connectivity index (χ3n) is 4.97. The van der Waals surface area contributed by atoms with Crippen molar-refractivity contribution < 1.29 is 9.78 Å². The molecular formula is C21H24N5O+. The molecule has 0 aliphatic carbocycles. The number of nitrogens with one attached hydrogen (secondary N) is 1. The molecule has 1 aliphatic heterocycles. The number of aromatic amines is 1. The smallest absolute Gasteiger partial charge is 0.274 e. The number of carbonyl (C=O) groups is 1. The molecule has 1 fully saturated rings. The van der Waals surface area contributed by atoms with Gasteiger partial charge in [-0.05, 0) is 50.2 Å². The lowest BCUT2D eigenvalue weighted by Gasteiger charge is -2.31. The van der Waals surface area contributed by atoms with Gasteiger partial charge < -0.3 is 4.90 Å². The van der Waals surface area contributed by atoms with Gasteiger partial charge in [0.2, 0.25) is 0 Å². The zero-order chi connectivity index (χ0) is 18.8. The van der Waals surface area contributed by atoms with Crippen LogP contribution in [-0.2, 0) is 0 Å². The first-order valence-electron chi connectivity index (χ1n) is 9.26. The van der Waals surface area contributed by atoms with Gasteiger partial charge in [-0.25, -0.2) is 9.67 Å². The van der Waals surface area contributed by atoms with E-state index in [2.05, 4.69) is 21.0 Å². The van der Waals surface area contributed by atoms with E-state index >= 15 is 0 Å². The number of aryl methyl sites for hydroxylation is 2. The molecule has 27 heavy (non-hydrogen) atoms. The molecule has 138 valence electrons. The van der Waals surface area contributed by atoms with E-state index in [9.17, 15) is 4.79 Å². The van der Waals surface area contributed by atoms with E-state index < -0.39 is 0 Å². The van der Waals surface area contributed by atoms with Crippen LogP contribution in [0.3, 0.4) is 0 Å². The fourth-order valence-corrected chi connectivity index (χ4v) is 3.55. The van der Waals surface area contributed by atoms with Gasteiger partial charge in [-0.1, -0.05) is 6.07 Å². The van der Waals surface area contributed by atoms with Crippen molar-refractivity contribution >= 4 is 11.7 Å². The minimum atomic E-state index is 0.0895. The van der Waals surface area contributed by atoms with Crippen LogP contribution in [0.2, 0.25) is 0 Å². The number of hydrogen-bond acceptors (Lipinski definition) is 3. The van der Waals surface area contributed by atoms with Crippen molar-refractivity contribution in [1.29, 1.82) is 0 Å². The maximum absolute atomic E-state index is 12.8. The Morgan fingerprint density at radius 3 is 2.33 bits per heavy atom. The second kappa shape index (κ2) is 7.23. The van der Waals surface area contributed by atoms with Gasteiger partial charge in [-0.3, -0.25) is 9.69 Å². The highest BCUT2D eigenvalue weighted by Gasteiger charge is 2.26. The van der Waals surface area contributed by atoms with Gasteiger partial charge in [0.05, 0.1) is 30.7 Å². The molecule has 6 nitrogen and oxygen atoms in total. The maximum Gasteiger partial charge on any atom is 0.274 e. The zero-order valence-corrected chi connectivity index (χ0v) is 15.7. The first-order valence-corrected chi connectivity index (χ1v) is 9.26. The van der Waals surface area contributed by atoms with Crippen molar-refractivity contribution in [2.75, 3.05) is 31.1 Å². The summed E-state index contributed by atoms with van der Waals surface area (Å²) in [6.07, 6.45) is 1.93. The van der Waals surface area contributed by atoms with E-state index in [1.165, 1.54) is 0 Å². The molecule has 3 heterocycles. The van der Waals surface area contributed by atoms with Crippen LogP contribution in [0.4, 0.5) is 5.82 Å². The summed E-state index contributed by atoms with van der Waals surface area (Å²) in [5.41, 5.74) is 3.77. The molecule has 0 radical (unpaired) electrons. The molecule has 1 aromatic carbocycles. The number of anilines is 1. The minimum Gasteiger partial charge on any atom is -0.331 e. The van der Waals surface area contributed by atoms with Crippen LogP contribution in [-0.4, -0.2) is 46.8 Å². The molecule has 1 aliphatic rings. The van der Waals surface area contributed by atoms with Crippen LogP contribution in [0.5, 0.6) is 0 Å². The molecule has 1 saturated heterocycles. The Labute approximate surface area is 159 Å². The molecule has 0 bridgehead atoms. The average molecular weight is 362 g/mol. The lowest BCUT2D eigenvalue weighted by atomic mass is 10.1. The Balaban J connectivity index is 1.42. The summed E-state index contributed by atoms with van der Waals surface area (Å²) in [4.78, 5) is 20.3. The van der Waals surface area contributed by atoms with Crippen LogP contribution in [0.25, 0.3) is 5.69 Å². The number of nitrogens with zero attached hydrogens (tertiary/aromatic N) is 4. The maximum atomic E-state index is 12.8. The van der Waals surface area contributed by atoms with Crippen molar-refractivity contribution in [3.05, 3.63) is 71.7 Å². The van der Waals surface area contributed by atoms with Gasteiger partial charge in [0.25, 0.3) is 11.7 Å². The molecular weight excluding hydrogens is 338 g/mol. The molecule has 1 N–H and O–H groups in total. The number of aromatic nitrogens is 3. The fraction of sp³-hybridized carbons (Fsp3) is 0.286. The second-order valence-corrected chi connectivity index (χ2v) is 6.91. The second-order valence-electron chi connectivity index (χ2n) is 6.91. The van der Waals surface area contributed by atoms with E-state index in [1.807, 2.05) is 72.1 Å². The summed E-state index contributed by atoms with van der Waals surface area (Å²) in [6, 6.07) is 15.8. The molecule has 6 heteroatoms. The zero-order valence-electron chi connectivity index (χ0n) is 15.7. The number of pyridine rings is 1. The van der Waals surface area contributed by atoms with Crippen molar-refractivity contribution in [3.8, 4) is 5.69 Å². The molecule has 0 atom stereocenters. The SMILES string of the molecule is Cc1cc(C)n(-c2ccc(C(=O)N3CCN(c4cccc[nH+]4)CC3)cc2)n1. The average Bonchev–Trinajstić information content (AvgIpc) is 3.06. The molecule has 0 saturated carbocycles. The van der Waals surface area contributed by atoms with Crippen LogP contribution in [0.15, 0.2) is 54.7 Å². The molecule has 0 spiro atoms. The van der Waals surface area contributed by atoms with Gasteiger partial charge in [-0.15, -0.1) is 0 Å². The summed E-state index contributed by atoms with van der Waals surface area (Å²) in [5, 5.41) is 4.49. The van der Waals surface area contributed by atoms with Gasteiger partial charge in [0.15, 0.2) is 0 Å². The standard InChI is InChI=1S/C21H23N5O/c1-16-15-17(2)26(23-16)19-8-6-18(7-9-19)21(27)25-13-11-24(12-14-25)20-5-3-4-10-22-20/h3-10,15H,11-14H2,1-2H3/p+1. The highest BCUT2D eigenvalue weighted by molar-refractivity contribution is 5.94. The molecule has 1 amide bonds. The van der Waals surface area contributed by atoms with E-state index in [1.54, 1.807) is 0 Å². The van der Waals surface area contributed by atoms with E-state index in [0.29, 0.717) is 0 Å². The number of amides is 1. The first kappa shape index (κ1) is 17.3. The highest BCUT2D eigenvalue weighted by Crippen LogP contribution is 2.16. The third kappa shape index (κ3) is 3.56. The van der Waals surface area contributed by atoms with Crippen molar-refractivity contribution in [1.82, 2.24) is 14.7 Å². The van der Waals surface area contributed by atoms with Gasteiger partial charge in [0.1, 0.15) is 13.1 Å². The molecule has 0 unspecified atom stereocenters. The molecule has 2 aromatic heterocycles. The Kier molecular flexibility index (Phi) is 4.62. The van der Waals surface area contributed by atoms with Crippen molar-refractivity contribution in [2.24, 2.45) is 0 Å². The number of H-pyrrole nitrogens is 1. The van der Waals surface area contributed by atoms with Crippen LogP contribution in [0.1, 0.15) is 21.7 Å². The summed E-state index contributed by atoms with van der Waals surface area (Å²) in [6.45, 7) is 7.12. The topological polar surface area (TPSA) is 55.5 Å². The van der Waals surface area contributed by atoms with Crippen molar-refractivity contribution in [3.63, 3.8) is 0 Å². The Hall–Kier alpha value is -3.15. The Morgan fingerprint density at radius 2 is 1.74 bits per heavy atom. The number of hydrogen-bond donors (Lipinski definition) is 0. The van der Waals surface area contributed by atoms with E-state index in [-0.39, 0.29) is 5.91 Å². The molecule has 3 aromatic rings. The lowest BCUT2D eigenvalue weighted by Crippen LogP contribution is -2.50. The number of carbonyl (C=O) groups excluding carboxylic acids is 1. The van der Waals surface area contributed by atoms with E-state index in [0.717, 1.165) is 54.6 Å². The Bertz CT molecular complexity index is 925. The van der Waals surface area contributed by atoms with E-state index in [4.69, 9.17) is 0 Å². The predicted octanol–water partition coefficient (Wildman–Crippen LogP) is 2.27. The highest BCUT2D eigenvalue weighted by atomic mass is 16.2. The summed E-state index contributed by atoms with van der Waals surface area (Å²) in [7, 11) is 0. The summed E-state index contributed by atoms with van der Waals surface area (Å²) >= 11 is 0. The van der Waals surface area contributed by atoms with Gasteiger partial charge >= 0.3 is 0 Å². The van der Waals surface area contributed by atoms with Crippen LogP contribution >= 0.6 is 0 Å². The number of benzene rings is 1. The normalized spacial score (nSPS) is 14.4. The fourth-order valence-electron chi connectivity index (χ4n) is 3.55. The summed E-state index contributed by atoms with van der Waals surface area (Å²) in [5.74, 6) is 1.19. The predicted molar refractivity (Wildman–Crippen MR) is 104 cm³/mol.